The molecule has 58 valence electrons. The number of hydrogen-bond acceptors (Lipinski definition) is 2. The SMILES string of the molecule is CNC(=O)[C@@H](N)CC1CC1. The van der Waals surface area contributed by atoms with Gasteiger partial charge in [-0.25, -0.2) is 0 Å². The van der Waals surface area contributed by atoms with E-state index >= 15 is 0 Å². The fourth-order valence-electron chi connectivity index (χ4n) is 1.01. The smallest absolute Gasteiger partial charge is 0.236 e. The van der Waals surface area contributed by atoms with Gasteiger partial charge in [0.2, 0.25) is 5.91 Å². The van der Waals surface area contributed by atoms with Crippen LogP contribution in [0.3, 0.4) is 0 Å². The summed E-state index contributed by atoms with van der Waals surface area (Å²) in [5, 5.41) is 2.53. The van der Waals surface area contributed by atoms with Gasteiger partial charge in [0, 0.05) is 7.05 Å². The molecule has 0 aromatic carbocycles. The van der Waals surface area contributed by atoms with Gasteiger partial charge in [-0.05, 0) is 12.3 Å². The van der Waals surface area contributed by atoms with E-state index in [0.717, 1.165) is 12.3 Å². The monoisotopic (exact) mass is 142 g/mol. The lowest BCUT2D eigenvalue weighted by molar-refractivity contribution is -0.122. The predicted octanol–water partition coefficient (Wildman–Crippen LogP) is -0.140. The molecule has 1 amide bonds. The lowest BCUT2D eigenvalue weighted by atomic mass is 10.1. The third-order valence-electron chi connectivity index (χ3n) is 1.87. The molecule has 1 saturated carbocycles. The summed E-state index contributed by atoms with van der Waals surface area (Å²) in [6.45, 7) is 0. The van der Waals surface area contributed by atoms with Crippen molar-refractivity contribution in [3.63, 3.8) is 0 Å². The Morgan fingerprint density at radius 1 is 1.80 bits per heavy atom. The molecule has 0 saturated heterocycles. The molecule has 1 fully saturated rings. The van der Waals surface area contributed by atoms with E-state index in [1.165, 1.54) is 12.8 Å². The topological polar surface area (TPSA) is 55.1 Å². The van der Waals surface area contributed by atoms with Crippen LogP contribution in [0, 0.1) is 5.92 Å². The first-order valence-electron chi connectivity index (χ1n) is 3.71. The molecule has 0 bridgehead atoms. The molecule has 0 heterocycles. The van der Waals surface area contributed by atoms with Gasteiger partial charge in [-0.2, -0.15) is 0 Å². The standard InChI is InChI=1S/C7H14N2O/c1-9-7(10)6(8)4-5-2-3-5/h5-6H,2-4,8H2,1H3,(H,9,10)/t6-/m0/s1. The Hall–Kier alpha value is -0.570. The second-order valence-corrected chi connectivity index (χ2v) is 2.90. The molecule has 0 unspecified atom stereocenters. The second kappa shape index (κ2) is 3.01. The highest BCUT2D eigenvalue weighted by atomic mass is 16.2. The van der Waals surface area contributed by atoms with Crippen LogP contribution in [0.1, 0.15) is 19.3 Å². The maximum atomic E-state index is 10.8. The Bertz CT molecular complexity index is 132. The van der Waals surface area contributed by atoms with E-state index in [0.29, 0.717) is 0 Å². The number of rotatable bonds is 3. The zero-order chi connectivity index (χ0) is 7.56. The number of nitrogens with two attached hydrogens (primary N) is 1. The average molecular weight is 142 g/mol. The predicted molar refractivity (Wildman–Crippen MR) is 39.4 cm³/mol. The Morgan fingerprint density at radius 3 is 2.80 bits per heavy atom. The third-order valence-corrected chi connectivity index (χ3v) is 1.87. The largest absolute Gasteiger partial charge is 0.358 e. The van der Waals surface area contributed by atoms with Gasteiger partial charge in [0.05, 0.1) is 6.04 Å². The van der Waals surface area contributed by atoms with Gasteiger partial charge in [-0.1, -0.05) is 12.8 Å². The van der Waals surface area contributed by atoms with Crippen molar-refractivity contribution in [1.82, 2.24) is 5.32 Å². The molecule has 3 nitrogen and oxygen atoms in total. The lowest BCUT2D eigenvalue weighted by Crippen LogP contribution is -2.38. The molecule has 1 atom stereocenters. The molecule has 0 aliphatic heterocycles. The summed E-state index contributed by atoms with van der Waals surface area (Å²) in [7, 11) is 1.62. The zero-order valence-electron chi connectivity index (χ0n) is 6.26. The van der Waals surface area contributed by atoms with Crippen molar-refractivity contribution in [2.45, 2.75) is 25.3 Å². The molecule has 1 rings (SSSR count). The summed E-state index contributed by atoms with van der Waals surface area (Å²) < 4.78 is 0. The lowest BCUT2D eigenvalue weighted by Gasteiger charge is -2.07. The summed E-state index contributed by atoms with van der Waals surface area (Å²) in [4.78, 5) is 10.8. The molecular formula is C7H14N2O. The summed E-state index contributed by atoms with van der Waals surface area (Å²) in [5.41, 5.74) is 5.56. The van der Waals surface area contributed by atoms with Gasteiger partial charge >= 0.3 is 0 Å². The number of amides is 1. The van der Waals surface area contributed by atoms with E-state index in [2.05, 4.69) is 5.32 Å². The molecule has 1 aliphatic rings. The van der Waals surface area contributed by atoms with E-state index < -0.39 is 0 Å². The fourth-order valence-corrected chi connectivity index (χ4v) is 1.01. The molecule has 1 aliphatic carbocycles. The van der Waals surface area contributed by atoms with Gasteiger partial charge in [0.15, 0.2) is 0 Å². The summed E-state index contributed by atoms with van der Waals surface area (Å²) in [6.07, 6.45) is 3.37. The highest BCUT2D eigenvalue weighted by Crippen LogP contribution is 2.32. The quantitative estimate of drug-likeness (QED) is 0.576. The first-order chi connectivity index (χ1) is 4.74. The molecule has 3 heteroatoms. The summed E-state index contributed by atoms with van der Waals surface area (Å²) in [6, 6.07) is -0.280. The zero-order valence-corrected chi connectivity index (χ0v) is 6.26. The third kappa shape index (κ3) is 1.99. The first-order valence-corrected chi connectivity index (χ1v) is 3.71. The molecule has 0 aromatic rings. The first kappa shape index (κ1) is 7.54. The van der Waals surface area contributed by atoms with E-state index in [1.54, 1.807) is 7.05 Å². The van der Waals surface area contributed by atoms with Crippen LogP contribution in [0.4, 0.5) is 0 Å². The molecule has 3 N–H and O–H groups in total. The Morgan fingerprint density at radius 2 is 2.40 bits per heavy atom. The van der Waals surface area contributed by atoms with Crippen molar-refractivity contribution < 1.29 is 4.79 Å². The molecule has 10 heavy (non-hydrogen) atoms. The molecule has 0 radical (unpaired) electrons. The molecular weight excluding hydrogens is 128 g/mol. The van der Waals surface area contributed by atoms with Crippen LogP contribution < -0.4 is 11.1 Å². The fraction of sp³-hybridized carbons (Fsp3) is 0.857. The van der Waals surface area contributed by atoms with Crippen molar-refractivity contribution in [2.24, 2.45) is 11.7 Å². The van der Waals surface area contributed by atoms with Crippen molar-refractivity contribution in [3.8, 4) is 0 Å². The average Bonchev–Trinajstić information content (AvgIpc) is 2.70. The molecule has 0 aromatic heterocycles. The van der Waals surface area contributed by atoms with Crippen molar-refractivity contribution in [2.75, 3.05) is 7.05 Å². The minimum atomic E-state index is -0.280. The van der Waals surface area contributed by atoms with E-state index in [4.69, 9.17) is 5.73 Å². The van der Waals surface area contributed by atoms with Crippen LogP contribution in [0.2, 0.25) is 0 Å². The number of nitrogens with one attached hydrogen (secondary N) is 1. The van der Waals surface area contributed by atoms with E-state index in [9.17, 15) is 4.79 Å². The Balaban J connectivity index is 2.18. The Kier molecular flexibility index (Phi) is 2.27. The van der Waals surface area contributed by atoms with Crippen molar-refractivity contribution >= 4 is 5.91 Å². The normalized spacial score (nSPS) is 20.2. The van der Waals surface area contributed by atoms with Gasteiger partial charge in [-0.3, -0.25) is 4.79 Å². The van der Waals surface area contributed by atoms with Crippen LogP contribution >= 0.6 is 0 Å². The highest BCUT2D eigenvalue weighted by Gasteiger charge is 2.26. The van der Waals surface area contributed by atoms with Gasteiger partial charge in [-0.15, -0.1) is 0 Å². The summed E-state index contributed by atoms with van der Waals surface area (Å²) >= 11 is 0. The van der Waals surface area contributed by atoms with Crippen LogP contribution in [-0.2, 0) is 4.79 Å². The van der Waals surface area contributed by atoms with Gasteiger partial charge in [0.1, 0.15) is 0 Å². The van der Waals surface area contributed by atoms with Crippen LogP contribution in [0.25, 0.3) is 0 Å². The summed E-state index contributed by atoms with van der Waals surface area (Å²) in [5.74, 6) is 0.694. The van der Waals surface area contributed by atoms with Crippen LogP contribution in [0.15, 0.2) is 0 Å². The number of carbonyl (C=O) groups is 1. The number of carbonyl (C=O) groups excluding carboxylic acids is 1. The van der Waals surface area contributed by atoms with Crippen molar-refractivity contribution in [1.29, 1.82) is 0 Å². The van der Waals surface area contributed by atoms with E-state index in [-0.39, 0.29) is 11.9 Å². The maximum Gasteiger partial charge on any atom is 0.236 e. The Labute approximate surface area is 61.0 Å². The van der Waals surface area contributed by atoms with Crippen LogP contribution in [0.5, 0.6) is 0 Å². The van der Waals surface area contributed by atoms with E-state index in [1.807, 2.05) is 0 Å². The highest BCUT2D eigenvalue weighted by molar-refractivity contribution is 5.81. The van der Waals surface area contributed by atoms with Crippen molar-refractivity contribution in [3.05, 3.63) is 0 Å². The number of likely N-dealkylation sites (N-methyl/N-ethyl adjacent to an activating group) is 1. The number of hydrogen-bond donors (Lipinski definition) is 2. The molecule has 0 spiro atoms. The van der Waals surface area contributed by atoms with Gasteiger partial charge < -0.3 is 11.1 Å². The van der Waals surface area contributed by atoms with Crippen LogP contribution in [-0.4, -0.2) is 19.0 Å². The minimum absolute atomic E-state index is 0.0353. The second-order valence-electron chi connectivity index (χ2n) is 2.90. The van der Waals surface area contributed by atoms with Gasteiger partial charge in [0.25, 0.3) is 0 Å². The minimum Gasteiger partial charge on any atom is -0.358 e. The maximum absolute atomic E-state index is 10.8.